The average Bonchev–Trinajstić information content (AvgIpc) is 3.19. The minimum absolute atomic E-state index is 0.212. The van der Waals surface area contributed by atoms with Crippen LogP contribution in [0.1, 0.15) is 25.3 Å². The Hall–Kier alpha value is -1.91. The van der Waals surface area contributed by atoms with Crippen LogP contribution >= 0.6 is 0 Å². The summed E-state index contributed by atoms with van der Waals surface area (Å²) in [6, 6.07) is 5.52. The number of carboxylic acids is 1. The van der Waals surface area contributed by atoms with Crippen molar-refractivity contribution in [3.05, 3.63) is 35.6 Å². The van der Waals surface area contributed by atoms with Crippen LogP contribution < -0.4 is 0 Å². The van der Waals surface area contributed by atoms with Crippen LogP contribution in [0.15, 0.2) is 24.3 Å². The molecule has 1 N–H and O–H groups in total. The number of hydrogen-bond donors (Lipinski definition) is 1. The number of halogens is 1. The summed E-state index contributed by atoms with van der Waals surface area (Å²) in [5, 5.41) is 8.97. The first-order valence-electron chi connectivity index (χ1n) is 6.61. The van der Waals surface area contributed by atoms with Crippen molar-refractivity contribution in [3.8, 4) is 0 Å². The Labute approximate surface area is 117 Å². The molecule has 20 heavy (non-hydrogen) atoms. The van der Waals surface area contributed by atoms with Gasteiger partial charge in [0.15, 0.2) is 0 Å². The quantitative estimate of drug-likeness (QED) is 0.897. The second-order valence-electron chi connectivity index (χ2n) is 5.48. The minimum Gasteiger partial charge on any atom is -0.480 e. The van der Waals surface area contributed by atoms with Crippen molar-refractivity contribution in [2.75, 3.05) is 7.05 Å². The Morgan fingerprint density at radius 2 is 2.00 bits per heavy atom. The highest BCUT2D eigenvalue weighted by atomic mass is 19.1. The van der Waals surface area contributed by atoms with E-state index in [0.29, 0.717) is 24.8 Å². The molecule has 1 aromatic rings. The van der Waals surface area contributed by atoms with Crippen molar-refractivity contribution in [2.45, 2.75) is 32.2 Å². The van der Waals surface area contributed by atoms with Gasteiger partial charge in [0.05, 0.1) is 5.41 Å². The van der Waals surface area contributed by atoms with Crippen molar-refractivity contribution >= 4 is 11.9 Å². The van der Waals surface area contributed by atoms with Crippen molar-refractivity contribution in [2.24, 2.45) is 5.41 Å². The standard InChI is InChI=1S/C15H18FNO3/c1-10(13(18)19)17(2)14(20)15(7-8-15)9-11-5-3-4-6-12(11)16/h3-6,10H,7-9H2,1-2H3,(H,18,19). The smallest absolute Gasteiger partial charge is 0.326 e. The molecular formula is C15H18FNO3. The first-order chi connectivity index (χ1) is 9.37. The predicted octanol–water partition coefficient (Wildman–Crippen LogP) is 2.08. The second-order valence-corrected chi connectivity index (χ2v) is 5.48. The predicted molar refractivity (Wildman–Crippen MR) is 71.6 cm³/mol. The van der Waals surface area contributed by atoms with Crippen LogP contribution in [0.25, 0.3) is 0 Å². The number of aliphatic carboxylic acids is 1. The normalized spacial score (nSPS) is 17.4. The van der Waals surface area contributed by atoms with E-state index in [-0.39, 0.29) is 11.7 Å². The molecule has 1 saturated carbocycles. The van der Waals surface area contributed by atoms with E-state index in [2.05, 4.69) is 0 Å². The molecule has 0 spiro atoms. The van der Waals surface area contributed by atoms with E-state index in [0.717, 1.165) is 0 Å². The van der Waals surface area contributed by atoms with E-state index in [4.69, 9.17) is 5.11 Å². The van der Waals surface area contributed by atoms with Crippen LogP contribution in [-0.4, -0.2) is 35.0 Å². The fourth-order valence-corrected chi connectivity index (χ4v) is 2.34. The molecule has 1 amide bonds. The highest BCUT2D eigenvalue weighted by Crippen LogP contribution is 2.50. The lowest BCUT2D eigenvalue weighted by atomic mass is 9.94. The minimum atomic E-state index is -1.04. The fourth-order valence-electron chi connectivity index (χ4n) is 2.34. The Bertz CT molecular complexity index is 540. The van der Waals surface area contributed by atoms with Gasteiger partial charge in [0, 0.05) is 7.05 Å². The zero-order valence-corrected chi connectivity index (χ0v) is 11.6. The highest BCUT2D eigenvalue weighted by molar-refractivity contribution is 5.89. The van der Waals surface area contributed by atoms with Gasteiger partial charge in [-0.1, -0.05) is 18.2 Å². The van der Waals surface area contributed by atoms with Gasteiger partial charge < -0.3 is 10.0 Å². The van der Waals surface area contributed by atoms with Gasteiger partial charge in [-0.15, -0.1) is 0 Å². The molecule has 1 aliphatic rings. The first kappa shape index (κ1) is 14.5. The maximum Gasteiger partial charge on any atom is 0.326 e. The van der Waals surface area contributed by atoms with E-state index < -0.39 is 17.4 Å². The molecule has 0 saturated heterocycles. The monoisotopic (exact) mass is 279 g/mol. The molecule has 2 rings (SSSR count). The molecule has 4 nitrogen and oxygen atoms in total. The number of likely N-dealkylation sites (N-methyl/N-ethyl adjacent to an activating group) is 1. The van der Waals surface area contributed by atoms with Crippen molar-refractivity contribution in [1.29, 1.82) is 0 Å². The number of rotatable bonds is 5. The van der Waals surface area contributed by atoms with Crippen LogP contribution in [0.4, 0.5) is 4.39 Å². The third-order valence-corrected chi connectivity index (χ3v) is 4.05. The molecule has 0 aromatic heterocycles. The zero-order chi connectivity index (χ0) is 14.9. The van der Waals surface area contributed by atoms with Gasteiger partial charge in [-0.2, -0.15) is 0 Å². The van der Waals surface area contributed by atoms with Gasteiger partial charge >= 0.3 is 5.97 Å². The molecule has 5 heteroatoms. The van der Waals surface area contributed by atoms with Gasteiger partial charge in [-0.3, -0.25) is 4.79 Å². The Balaban J connectivity index is 2.14. The third kappa shape index (κ3) is 2.66. The number of amides is 1. The first-order valence-corrected chi connectivity index (χ1v) is 6.61. The summed E-state index contributed by atoms with van der Waals surface area (Å²) in [4.78, 5) is 24.6. The van der Waals surface area contributed by atoms with Gasteiger partial charge in [-0.25, -0.2) is 9.18 Å². The van der Waals surface area contributed by atoms with E-state index in [9.17, 15) is 14.0 Å². The summed E-state index contributed by atoms with van der Waals surface area (Å²) < 4.78 is 13.7. The summed E-state index contributed by atoms with van der Waals surface area (Å²) in [6.45, 7) is 1.47. The van der Waals surface area contributed by atoms with Crippen molar-refractivity contribution in [1.82, 2.24) is 4.90 Å². The Morgan fingerprint density at radius 3 is 2.50 bits per heavy atom. The number of carbonyl (C=O) groups is 2. The molecule has 1 unspecified atom stereocenters. The number of carbonyl (C=O) groups excluding carboxylic acids is 1. The molecular weight excluding hydrogens is 261 g/mol. The molecule has 0 heterocycles. The van der Waals surface area contributed by atoms with E-state index in [1.807, 2.05) is 0 Å². The number of carboxylic acid groups (broad SMARTS) is 1. The molecule has 0 bridgehead atoms. The summed E-state index contributed by atoms with van der Waals surface area (Å²) in [5.41, 5.74) is -0.115. The van der Waals surface area contributed by atoms with Crippen LogP contribution in [0, 0.1) is 11.2 Å². The summed E-state index contributed by atoms with van der Waals surface area (Å²) in [5.74, 6) is -1.57. The second kappa shape index (κ2) is 5.23. The lowest BCUT2D eigenvalue weighted by Gasteiger charge is -2.26. The summed E-state index contributed by atoms with van der Waals surface area (Å²) >= 11 is 0. The highest BCUT2D eigenvalue weighted by Gasteiger charge is 2.52. The van der Waals surface area contributed by atoms with Crippen molar-refractivity contribution in [3.63, 3.8) is 0 Å². The largest absolute Gasteiger partial charge is 0.480 e. The lowest BCUT2D eigenvalue weighted by Crippen LogP contribution is -2.44. The molecule has 1 aromatic carbocycles. The maximum absolute atomic E-state index is 13.7. The molecule has 0 radical (unpaired) electrons. The number of nitrogens with zero attached hydrogens (tertiary/aromatic N) is 1. The number of benzene rings is 1. The van der Waals surface area contributed by atoms with Gasteiger partial charge in [-0.05, 0) is 37.8 Å². The van der Waals surface area contributed by atoms with Crippen LogP contribution in [0.5, 0.6) is 0 Å². The lowest BCUT2D eigenvalue weighted by molar-refractivity contribution is -0.150. The van der Waals surface area contributed by atoms with Crippen LogP contribution in [0.2, 0.25) is 0 Å². The van der Waals surface area contributed by atoms with Gasteiger partial charge in [0.2, 0.25) is 5.91 Å². The Kier molecular flexibility index (Phi) is 3.79. The molecule has 1 atom stereocenters. The topological polar surface area (TPSA) is 57.6 Å². The average molecular weight is 279 g/mol. The maximum atomic E-state index is 13.7. The molecule has 1 fully saturated rings. The van der Waals surface area contributed by atoms with Gasteiger partial charge in [0.1, 0.15) is 11.9 Å². The van der Waals surface area contributed by atoms with Gasteiger partial charge in [0.25, 0.3) is 0 Å². The zero-order valence-electron chi connectivity index (χ0n) is 11.6. The van der Waals surface area contributed by atoms with Crippen LogP contribution in [0.3, 0.4) is 0 Å². The molecule has 0 aliphatic heterocycles. The van der Waals surface area contributed by atoms with Crippen LogP contribution in [-0.2, 0) is 16.0 Å². The summed E-state index contributed by atoms with van der Waals surface area (Å²) in [6.07, 6.45) is 1.68. The third-order valence-electron chi connectivity index (χ3n) is 4.05. The number of hydrogen-bond acceptors (Lipinski definition) is 2. The summed E-state index contributed by atoms with van der Waals surface area (Å²) in [7, 11) is 1.49. The van der Waals surface area contributed by atoms with E-state index in [1.165, 1.54) is 24.9 Å². The van der Waals surface area contributed by atoms with Crippen molar-refractivity contribution < 1.29 is 19.1 Å². The van der Waals surface area contributed by atoms with E-state index in [1.54, 1.807) is 18.2 Å². The Morgan fingerprint density at radius 1 is 1.40 bits per heavy atom. The fraction of sp³-hybridized carbons (Fsp3) is 0.467. The molecule has 1 aliphatic carbocycles. The molecule has 108 valence electrons. The van der Waals surface area contributed by atoms with E-state index >= 15 is 0 Å². The SMILES string of the molecule is CC(C(=O)O)N(C)C(=O)C1(Cc2ccccc2F)CC1.